The molecule has 0 aromatic carbocycles. The molecule has 1 rings (SSSR count). The molecule has 1 fully saturated rings. The first-order valence-electron chi connectivity index (χ1n) is 6.50. The van der Waals surface area contributed by atoms with Crippen molar-refractivity contribution in [2.24, 2.45) is 11.8 Å². The zero-order valence-electron chi connectivity index (χ0n) is 11.0. The van der Waals surface area contributed by atoms with E-state index in [-0.39, 0.29) is 5.91 Å². The zero-order chi connectivity index (χ0) is 12.1. The average molecular weight is 226 g/mol. The van der Waals surface area contributed by atoms with Crippen LogP contribution in [0.15, 0.2) is 0 Å². The molecule has 1 aliphatic rings. The molecular formula is C13H26N2O. The fraction of sp³-hybridized carbons (Fsp3) is 0.923. The summed E-state index contributed by atoms with van der Waals surface area (Å²) in [5.41, 5.74) is 0. The largest absolute Gasteiger partial charge is 0.352 e. The van der Waals surface area contributed by atoms with Gasteiger partial charge in [-0.1, -0.05) is 27.7 Å². The molecule has 1 amide bonds. The van der Waals surface area contributed by atoms with Crippen LogP contribution in [0.5, 0.6) is 0 Å². The maximum atomic E-state index is 11.7. The predicted octanol–water partition coefficient (Wildman–Crippen LogP) is 1.93. The van der Waals surface area contributed by atoms with Crippen LogP contribution < -0.4 is 10.6 Å². The Balaban J connectivity index is 2.27. The molecule has 0 aliphatic heterocycles. The molecule has 2 N–H and O–H groups in total. The van der Waals surface area contributed by atoms with Crippen LogP contribution in [0.25, 0.3) is 0 Å². The molecule has 2 unspecified atom stereocenters. The highest BCUT2D eigenvalue weighted by Gasteiger charge is 2.24. The number of hydrogen-bond donors (Lipinski definition) is 2. The summed E-state index contributed by atoms with van der Waals surface area (Å²) in [6, 6.07) is 0.759. The highest BCUT2D eigenvalue weighted by Crippen LogP contribution is 2.28. The summed E-state index contributed by atoms with van der Waals surface area (Å²) in [5, 5.41) is 6.28. The second kappa shape index (κ2) is 6.24. The van der Waals surface area contributed by atoms with Crippen LogP contribution in [-0.4, -0.2) is 24.5 Å². The van der Waals surface area contributed by atoms with Gasteiger partial charge in [-0.25, -0.2) is 0 Å². The van der Waals surface area contributed by atoms with Crippen LogP contribution in [0.2, 0.25) is 0 Å². The van der Waals surface area contributed by atoms with Crippen LogP contribution in [0.4, 0.5) is 0 Å². The van der Waals surface area contributed by atoms with Crippen molar-refractivity contribution in [3.05, 3.63) is 0 Å². The molecule has 0 aromatic heterocycles. The van der Waals surface area contributed by atoms with Crippen LogP contribution in [0.3, 0.4) is 0 Å². The second-order valence-electron chi connectivity index (χ2n) is 5.72. The van der Waals surface area contributed by atoms with E-state index in [1.165, 1.54) is 6.42 Å². The predicted molar refractivity (Wildman–Crippen MR) is 67.2 cm³/mol. The van der Waals surface area contributed by atoms with Crippen molar-refractivity contribution >= 4 is 5.91 Å². The maximum absolute atomic E-state index is 11.7. The monoisotopic (exact) mass is 226 g/mol. The number of rotatable bonds is 4. The first-order valence-corrected chi connectivity index (χ1v) is 6.50. The van der Waals surface area contributed by atoms with E-state index in [1.54, 1.807) is 0 Å². The summed E-state index contributed by atoms with van der Waals surface area (Å²) in [5.74, 6) is 1.62. The lowest BCUT2D eigenvalue weighted by Crippen LogP contribution is -2.44. The van der Waals surface area contributed by atoms with Crippen molar-refractivity contribution in [1.29, 1.82) is 0 Å². The van der Waals surface area contributed by atoms with E-state index in [9.17, 15) is 4.79 Å². The van der Waals surface area contributed by atoms with Gasteiger partial charge in [0, 0.05) is 12.1 Å². The normalized spacial score (nSPS) is 30.4. The van der Waals surface area contributed by atoms with Crippen molar-refractivity contribution in [2.75, 3.05) is 6.54 Å². The van der Waals surface area contributed by atoms with E-state index >= 15 is 0 Å². The molecule has 3 nitrogen and oxygen atoms in total. The third-order valence-electron chi connectivity index (χ3n) is 3.21. The molecule has 0 spiro atoms. The van der Waals surface area contributed by atoms with Crippen LogP contribution in [0, 0.1) is 11.8 Å². The van der Waals surface area contributed by atoms with Gasteiger partial charge in [-0.05, 0) is 31.1 Å². The molecule has 94 valence electrons. The molecular weight excluding hydrogens is 200 g/mol. The Morgan fingerprint density at radius 2 is 1.75 bits per heavy atom. The topological polar surface area (TPSA) is 41.1 Å². The highest BCUT2D eigenvalue weighted by atomic mass is 16.1. The second-order valence-corrected chi connectivity index (χ2v) is 5.72. The fourth-order valence-corrected chi connectivity index (χ4v) is 2.64. The smallest absolute Gasteiger partial charge is 0.234 e. The van der Waals surface area contributed by atoms with Crippen LogP contribution >= 0.6 is 0 Å². The van der Waals surface area contributed by atoms with Gasteiger partial charge >= 0.3 is 0 Å². The Morgan fingerprint density at radius 3 is 2.25 bits per heavy atom. The number of carbonyl (C=O) groups is 1. The van der Waals surface area contributed by atoms with Crippen LogP contribution in [-0.2, 0) is 4.79 Å². The highest BCUT2D eigenvalue weighted by molar-refractivity contribution is 5.78. The number of nitrogens with one attached hydrogen (secondary N) is 2. The molecule has 0 bridgehead atoms. The molecule has 16 heavy (non-hydrogen) atoms. The molecule has 0 radical (unpaired) electrons. The minimum atomic E-state index is 0.139. The van der Waals surface area contributed by atoms with Gasteiger partial charge in [0.25, 0.3) is 0 Å². The van der Waals surface area contributed by atoms with Gasteiger partial charge < -0.3 is 10.6 Å². The number of hydrogen-bond acceptors (Lipinski definition) is 2. The number of amides is 1. The summed E-state index contributed by atoms with van der Waals surface area (Å²) < 4.78 is 0. The SMILES string of the molecule is CC1CC(C)CC(NC(=O)CNC(C)C)C1. The fourth-order valence-electron chi connectivity index (χ4n) is 2.64. The maximum Gasteiger partial charge on any atom is 0.234 e. The van der Waals surface area contributed by atoms with E-state index in [1.807, 2.05) is 0 Å². The van der Waals surface area contributed by atoms with Gasteiger partial charge in [-0.2, -0.15) is 0 Å². The van der Waals surface area contributed by atoms with Gasteiger partial charge in [0.2, 0.25) is 5.91 Å². The van der Waals surface area contributed by atoms with Gasteiger partial charge in [0.05, 0.1) is 6.54 Å². The van der Waals surface area contributed by atoms with E-state index in [4.69, 9.17) is 0 Å². The van der Waals surface area contributed by atoms with Gasteiger partial charge in [0.1, 0.15) is 0 Å². The van der Waals surface area contributed by atoms with Crippen molar-refractivity contribution in [3.8, 4) is 0 Å². The quantitative estimate of drug-likeness (QED) is 0.769. The van der Waals surface area contributed by atoms with E-state index < -0.39 is 0 Å². The summed E-state index contributed by atoms with van der Waals surface area (Å²) in [4.78, 5) is 11.7. The van der Waals surface area contributed by atoms with Gasteiger partial charge in [-0.15, -0.1) is 0 Å². The molecule has 0 saturated heterocycles. The summed E-state index contributed by atoms with van der Waals surface area (Å²) >= 11 is 0. The lowest BCUT2D eigenvalue weighted by molar-refractivity contribution is -0.121. The Labute approximate surface area is 99.4 Å². The molecule has 1 saturated carbocycles. The molecule has 2 atom stereocenters. The molecule has 1 aliphatic carbocycles. The van der Waals surface area contributed by atoms with Gasteiger partial charge in [0.15, 0.2) is 0 Å². The van der Waals surface area contributed by atoms with E-state index in [2.05, 4.69) is 38.3 Å². The van der Waals surface area contributed by atoms with E-state index in [0.717, 1.165) is 24.7 Å². The van der Waals surface area contributed by atoms with Gasteiger partial charge in [-0.3, -0.25) is 4.79 Å². The van der Waals surface area contributed by atoms with Crippen LogP contribution in [0.1, 0.15) is 47.0 Å². The summed E-state index contributed by atoms with van der Waals surface area (Å²) in [6.45, 7) is 9.11. The minimum Gasteiger partial charge on any atom is -0.352 e. The van der Waals surface area contributed by atoms with Crippen molar-refractivity contribution in [2.45, 2.75) is 59.0 Å². The van der Waals surface area contributed by atoms with Crippen molar-refractivity contribution < 1.29 is 4.79 Å². The Bertz CT molecular complexity index is 218. The Kier molecular flexibility index (Phi) is 5.26. The number of carbonyl (C=O) groups excluding carboxylic acids is 1. The Morgan fingerprint density at radius 1 is 1.19 bits per heavy atom. The third-order valence-corrected chi connectivity index (χ3v) is 3.21. The molecule has 0 heterocycles. The lowest BCUT2D eigenvalue weighted by atomic mass is 9.80. The first-order chi connectivity index (χ1) is 7.47. The molecule has 3 heteroatoms. The average Bonchev–Trinajstić information content (AvgIpc) is 2.12. The summed E-state index contributed by atoms with van der Waals surface area (Å²) in [6.07, 6.45) is 3.58. The summed E-state index contributed by atoms with van der Waals surface area (Å²) in [7, 11) is 0. The van der Waals surface area contributed by atoms with E-state index in [0.29, 0.717) is 18.6 Å². The van der Waals surface area contributed by atoms with Crippen molar-refractivity contribution in [1.82, 2.24) is 10.6 Å². The Hall–Kier alpha value is -0.570. The van der Waals surface area contributed by atoms with Crippen molar-refractivity contribution in [3.63, 3.8) is 0 Å². The zero-order valence-corrected chi connectivity index (χ0v) is 11.0. The first kappa shape index (κ1) is 13.5. The molecule has 0 aromatic rings. The standard InChI is InChI=1S/C13H26N2O/c1-9(2)14-8-13(16)15-12-6-10(3)5-11(4)7-12/h9-12,14H,5-8H2,1-4H3,(H,15,16). The lowest BCUT2D eigenvalue weighted by Gasteiger charge is -2.32. The third kappa shape index (κ3) is 4.97. The minimum absolute atomic E-state index is 0.139.